The van der Waals surface area contributed by atoms with Gasteiger partial charge in [0.25, 0.3) is 0 Å². The van der Waals surface area contributed by atoms with Gasteiger partial charge < -0.3 is 4.90 Å². The van der Waals surface area contributed by atoms with Crippen LogP contribution in [0.4, 0.5) is 0 Å². The van der Waals surface area contributed by atoms with Crippen molar-refractivity contribution in [2.75, 3.05) is 32.9 Å². The van der Waals surface area contributed by atoms with Crippen LogP contribution in [0.5, 0.6) is 0 Å². The number of sulfonamides is 1. The van der Waals surface area contributed by atoms with Gasteiger partial charge in [-0.2, -0.15) is 0 Å². The molecule has 0 spiro atoms. The van der Waals surface area contributed by atoms with Gasteiger partial charge in [0.2, 0.25) is 10.0 Å². The van der Waals surface area contributed by atoms with Gasteiger partial charge in [0.05, 0.1) is 6.26 Å². The van der Waals surface area contributed by atoms with Crippen LogP contribution in [0, 0.1) is 0 Å². The second-order valence-corrected chi connectivity index (χ2v) is 6.30. The lowest BCUT2D eigenvalue weighted by Crippen LogP contribution is -2.35. The quantitative estimate of drug-likeness (QED) is 0.705. The van der Waals surface area contributed by atoms with Crippen molar-refractivity contribution in [1.29, 1.82) is 0 Å². The fourth-order valence-electron chi connectivity index (χ4n) is 2.20. The molecule has 1 unspecified atom stereocenters. The minimum atomic E-state index is -3.01. The molecule has 0 amide bonds. The average Bonchev–Trinajstić information content (AvgIpc) is 2.50. The molecule has 0 N–H and O–H groups in total. The smallest absolute Gasteiger partial charge is 0.211 e. The van der Waals surface area contributed by atoms with E-state index in [-0.39, 0.29) is 0 Å². The summed E-state index contributed by atoms with van der Waals surface area (Å²) < 4.78 is 24.3. The molecule has 4 nitrogen and oxygen atoms in total. The first-order valence-corrected chi connectivity index (χ1v) is 7.45. The minimum Gasteiger partial charge on any atom is -0.303 e. The molecule has 1 saturated heterocycles. The third-order valence-corrected chi connectivity index (χ3v) is 4.58. The Morgan fingerprint density at radius 1 is 1.47 bits per heavy atom. The van der Waals surface area contributed by atoms with Crippen molar-refractivity contribution in [2.45, 2.75) is 32.2 Å². The molecule has 5 heteroatoms. The summed E-state index contributed by atoms with van der Waals surface area (Å²) in [6.45, 7) is 4.27. The predicted molar refractivity (Wildman–Crippen MR) is 62.4 cm³/mol. The Kier molecular flexibility index (Phi) is 4.55. The van der Waals surface area contributed by atoms with Crippen LogP contribution in [0.2, 0.25) is 0 Å². The van der Waals surface area contributed by atoms with Crippen LogP contribution in [-0.2, 0) is 10.0 Å². The van der Waals surface area contributed by atoms with Gasteiger partial charge in [-0.25, -0.2) is 12.7 Å². The van der Waals surface area contributed by atoms with Crippen molar-refractivity contribution in [3.63, 3.8) is 0 Å². The van der Waals surface area contributed by atoms with Gasteiger partial charge in [-0.05, 0) is 32.9 Å². The van der Waals surface area contributed by atoms with Crippen LogP contribution in [0.15, 0.2) is 0 Å². The Labute approximate surface area is 93.3 Å². The zero-order valence-electron chi connectivity index (χ0n) is 9.94. The lowest BCUT2D eigenvalue weighted by Gasteiger charge is -2.23. The largest absolute Gasteiger partial charge is 0.303 e. The van der Waals surface area contributed by atoms with Crippen molar-refractivity contribution in [2.24, 2.45) is 0 Å². The second-order valence-electron chi connectivity index (χ2n) is 4.32. The van der Waals surface area contributed by atoms with E-state index >= 15 is 0 Å². The lowest BCUT2D eigenvalue weighted by molar-refractivity contribution is 0.276. The molecular formula is C10H22N2O2S. The van der Waals surface area contributed by atoms with Crippen LogP contribution in [0.3, 0.4) is 0 Å². The van der Waals surface area contributed by atoms with Crippen molar-refractivity contribution >= 4 is 10.0 Å². The summed E-state index contributed by atoms with van der Waals surface area (Å²) >= 11 is 0. The van der Waals surface area contributed by atoms with E-state index in [0.717, 1.165) is 13.0 Å². The number of hydrogen-bond donors (Lipinski definition) is 0. The summed E-state index contributed by atoms with van der Waals surface area (Å²) in [5, 5.41) is 0. The van der Waals surface area contributed by atoms with E-state index in [9.17, 15) is 8.42 Å². The first-order valence-electron chi connectivity index (χ1n) is 5.60. The summed E-state index contributed by atoms with van der Waals surface area (Å²) in [6, 6.07) is 0.570. The van der Waals surface area contributed by atoms with Crippen molar-refractivity contribution in [1.82, 2.24) is 9.21 Å². The molecule has 0 aliphatic carbocycles. The Bertz CT molecular complexity index is 290. The van der Waals surface area contributed by atoms with Crippen LogP contribution in [0.1, 0.15) is 26.2 Å². The minimum absolute atomic E-state index is 0.570. The molecule has 0 aromatic rings. The van der Waals surface area contributed by atoms with E-state index in [1.54, 1.807) is 4.31 Å². The molecule has 1 atom stereocenters. The van der Waals surface area contributed by atoms with Crippen LogP contribution >= 0.6 is 0 Å². The van der Waals surface area contributed by atoms with Gasteiger partial charge >= 0.3 is 0 Å². The summed E-state index contributed by atoms with van der Waals surface area (Å²) in [7, 11) is -0.890. The SMILES string of the molecule is CCN(CCC1CCCN1C)S(C)(=O)=O. The fourth-order valence-corrected chi connectivity index (χ4v) is 3.10. The monoisotopic (exact) mass is 234 g/mol. The van der Waals surface area contributed by atoms with Gasteiger partial charge in [0.15, 0.2) is 0 Å². The third kappa shape index (κ3) is 3.74. The van der Waals surface area contributed by atoms with E-state index < -0.39 is 10.0 Å². The lowest BCUT2D eigenvalue weighted by atomic mass is 10.1. The molecule has 90 valence electrons. The summed E-state index contributed by atoms with van der Waals surface area (Å²) in [5.41, 5.74) is 0. The van der Waals surface area contributed by atoms with Crippen LogP contribution in [0.25, 0.3) is 0 Å². The number of hydrogen-bond acceptors (Lipinski definition) is 3. The molecule has 0 aromatic carbocycles. The summed E-state index contributed by atoms with van der Waals surface area (Å²) in [4.78, 5) is 2.33. The molecule has 0 saturated carbocycles. The van der Waals surface area contributed by atoms with E-state index in [1.165, 1.54) is 19.1 Å². The fraction of sp³-hybridized carbons (Fsp3) is 1.00. The zero-order chi connectivity index (χ0) is 11.5. The Hall–Kier alpha value is -0.130. The highest BCUT2D eigenvalue weighted by Gasteiger charge is 2.23. The Balaban J connectivity index is 2.41. The van der Waals surface area contributed by atoms with Gasteiger partial charge in [0.1, 0.15) is 0 Å². The van der Waals surface area contributed by atoms with Gasteiger partial charge in [-0.1, -0.05) is 6.92 Å². The predicted octanol–water partition coefficient (Wildman–Crippen LogP) is 0.752. The highest BCUT2D eigenvalue weighted by molar-refractivity contribution is 7.88. The first kappa shape index (κ1) is 12.9. The molecule has 0 radical (unpaired) electrons. The van der Waals surface area contributed by atoms with Crippen molar-refractivity contribution in [3.8, 4) is 0 Å². The normalized spacial score (nSPS) is 23.9. The summed E-state index contributed by atoms with van der Waals surface area (Å²) in [6.07, 6.45) is 4.69. The molecule has 0 aromatic heterocycles. The van der Waals surface area contributed by atoms with Gasteiger partial charge in [0, 0.05) is 19.1 Å². The standard InChI is InChI=1S/C10H22N2O2S/c1-4-12(15(3,13)14)9-7-10-6-5-8-11(10)2/h10H,4-9H2,1-3H3. The van der Waals surface area contributed by atoms with E-state index in [1.807, 2.05) is 6.92 Å². The van der Waals surface area contributed by atoms with E-state index in [0.29, 0.717) is 19.1 Å². The number of rotatable bonds is 5. The molecule has 1 fully saturated rings. The maximum Gasteiger partial charge on any atom is 0.211 e. The van der Waals surface area contributed by atoms with E-state index in [2.05, 4.69) is 11.9 Å². The average molecular weight is 234 g/mol. The molecule has 1 aliphatic rings. The maximum absolute atomic E-state index is 11.4. The molecular weight excluding hydrogens is 212 g/mol. The number of likely N-dealkylation sites (tertiary alicyclic amines) is 1. The second kappa shape index (κ2) is 5.27. The zero-order valence-corrected chi connectivity index (χ0v) is 10.8. The topological polar surface area (TPSA) is 40.6 Å². The maximum atomic E-state index is 11.4. The van der Waals surface area contributed by atoms with Crippen molar-refractivity contribution < 1.29 is 8.42 Å². The highest BCUT2D eigenvalue weighted by atomic mass is 32.2. The molecule has 1 rings (SSSR count). The van der Waals surface area contributed by atoms with Gasteiger partial charge in [-0.15, -0.1) is 0 Å². The van der Waals surface area contributed by atoms with E-state index in [4.69, 9.17) is 0 Å². The molecule has 1 heterocycles. The van der Waals surface area contributed by atoms with Gasteiger partial charge in [-0.3, -0.25) is 0 Å². The molecule has 0 bridgehead atoms. The Morgan fingerprint density at radius 2 is 2.13 bits per heavy atom. The number of nitrogens with zero attached hydrogens (tertiary/aromatic N) is 2. The van der Waals surface area contributed by atoms with Crippen LogP contribution in [-0.4, -0.2) is 56.6 Å². The van der Waals surface area contributed by atoms with Crippen LogP contribution < -0.4 is 0 Å². The third-order valence-electron chi connectivity index (χ3n) is 3.20. The molecule has 1 aliphatic heterocycles. The highest BCUT2D eigenvalue weighted by Crippen LogP contribution is 2.18. The van der Waals surface area contributed by atoms with Crippen molar-refractivity contribution in [3.05, 3.63) is 0 Å². The Morgan fingerprint density at radius 3 is 2.53 bits per heavy atom. The summed E-state index contributed by atoms with van der Waals surface area (Å²) in [5.74, 6) is 0. The molecule has 15 heavy (non-hydrogen) atoms. The first-order chi connectivity index (χ1) is 6.95.